The van der Waals surface area contributed by atoms with Crippen LogP contribution >= 0.6 is 35.4 Å². The number of nitrogens with zero attached hydrogens (tertiary/aromatic N) is 3. The van der Waals surface area contributed by atoms with Gasteiger partial charge in [-0.1, -0.05) is 41.4 Å². The molecular weight excluding hydrogens is 379 g/mol. The summed E-state index contributed by atoms with van der Waals surface area (Å²) in [5.74, 6) is 1.31. The Balaban J connectivity index is 2.02. The molecule has 0 fully saturated rings. The largest absolute Gasteiger partial charge is 0.494 e. The van der Waals surface area contributed by atoms with Crippen molar-refractivity contribution in [2.45, 2.75) is 6.92 Å². The number of ether oxygens (including phenoxy) is 1. The molecule has 0 unspecified atom stereocenters. The van der Waals surface area contributed by atoms with Gasteiger partial charge in [0.15, 0.2) is 5.82 Å². The number of halogens is 2. The van der Waals surface area contributed by atoms with E-state index >= 15 is 0 Å². The van der Waals surface area contributed by atoms with Gasteiger partial charge < -0.3 is 4.74 Å². The van der Waals surface area contributed by atoms with Gasteiger partial charge in [0.05, 0.1) is 22.9 Å². The van der Waals surface area contributed by atoms with Crippen LogP contribution in [-0.2, 0) is 0 Å². The van der Waals surface area contributed by atoms with E-state index in [2.05, 4.69) is 15.3 Å². The molecule has 1 heterocycles. The lowest BCUT2D eigenvalue weighted by Crippen LogP contribution is -1.97. The Kier molecular flexibility index (Phi) is 5.53. The van der Waals surface area contributed by atoms with Crippen LogP contribution in [0.15, 0.2) is 47.6 Å². The van der Waals surface area contributed by atoms with E-state index in [1.807, 2.05) is 31.2 Å². The summed E-state index contributed by atoms with van der Waals surface area (Å²) in [6.07, 6.45) is 1.56. The first-order valence-corrected chi connectivity index (χ1v) is 8.65. The van der Waals surface area contributed by atoms with E-state index in [4.69, 9.17) is 40.2 Å². The highest BCUT2D eigenvalue weighted by Crippen LogP contribution is 2.24. The summed E-state index contributed by atoms with van der Waals surface area (Å²) in [5, 5.41) is 12.4. The molecule has 1 N–H and O–H groups in total. The first kappa shape index (κ1) is 17.7. The molecule has 0 saturated heterocycles. The third kappa shape index (κ3) is 3.92. The van der Waals surface area contributed by atoms with Crippen LogP contribution in [0.5, 0.6) is 5.75 Å². The molecule has 0 bridgehead atoms. The normalized spacial score (nSPS) is 11.2. The van der Waals surface area contributed by atoms with Crippen molar-refractivity contribution >= 4 is 41.6 Å². The number of aromatic nitrogens is 3. The molecule has 3 rings (SSSR count). The van der Waals surface area contributed by atoms with Crippen molar-refractivity contribution in [2.24, 2.45) is 5.10 Å². The van der Waals surface area contributed by atoms with Gasteiger partial charge in [-0.05, 0) is 43.4 Å². The van der Waals surface area contributed by atoms with Crippen LogP contribution in [0.1, 0.15) is 12.5 Å². The van der Waals surface area contributed by atoms with Crippen molar-refractivity contribution in [3.05, 3.63) is 62.8 Å². The zero-order chi connectivity index (χ0) is 17.8. The minimum atomic E-state index is 0.358. The predicted octanol–water partition coefficient (Wildman–Crippen LogP) is 5.20. The van der Waals surface area contributed by atoms with Gasteiger partial charge in [0.25, 0.3) is 0 Å². The maximum atomic E-state index is 6.17. The van der Waals surface area contributed by atoms with E-state index in [9.17, 15) is 0 Å². The zero-order valence-corrected chi connectivity index (χ0v) is 15.6. The van der Waals surface area contributed by atoms with Gasteiger partial charge in [0.1, 0.15) is 5.75 Å². The monoisotopic (exact) mass is 392 g/mol. The van der Waals surface area contributed by atoms with Gasteiger partial charge in [0, 0.05) is 11.1 Å². The summed E-state index contributed by atoms with van der Waals surface area (Å²) in [7, 11) is 0. The van der Waals surface area contributed by atoms with Crippen molar-refractivity contribution in [2.75, 3.05) is 6.61 Å². The number of benzene rings is 2. The third-order valence-electron chi connectivity index (χ3n) is 3.36. The molecule has 0 amide bonds. The van der Waals surface area contributed by atoms with Gasteiger partial charge in [-0.3, -0.25) is 0 Å². The standard InChI is InChI=1S/C17H14Cl2N4OS/c1-2-24-12-6-3-5-11(9-12)16-21-22-17(25)23(16)20-10-13-14(18)7-4-8-15(13)19/h3-10H,2H2,1H3,(H,22,25). The third-order valence-corrected chi connectivity index (χ3v) is 4.28. The average Bonchev–Trinajstić information content (AvgIpc) is 2.96. The molecule has 25 heavy (non-hydrogen) atoms. The molecule has 0 aliphatic heterocycles. The smallest absolute Gasteiger partial charge is 0.216 e. The molecule has 0 spiro atoms. The van der Waals surface area contributed by atoms with Crippen molar-refractivity contribution in [1.82, 2.24) is 14.9 Å². The number of rotatable bonds is 5. The highest BCUT2D eigenvalue weighted by atomic mass is 35.5. The second-order valence-corrected chi connectivity index (χ2v) is 6.21. The summed E-state index contributed by atoms with van der Waals surface area (Å²) >= 11 is 17.6. The SMILES string of the molecule is CCOc1cccc(-c2n[nH]c(=S)n2N=Cc2c(Cl)cccc2Cl)c1. The maximum Gasteiger partial charge on any atom is 0.216 e. The fourth-order valence-electron chi connectivity index (χ4n) is 2.23. The number of hydrogen-bond donors (Lipinski definition) is 1. The molecular formula is C17H14Cl2N4OS. The van der Waals surface area contributed by atoms with Gasteiger partial charge in [-0.25, -0.2) is 5.10 Å². The lowest BCUT2D eigenvalue weighted by atomic mass is 10.2. The lowest BCUT2D eigenvalue weighted by molar-refractivity contribution is 0.340. The predicted molar refractivity (Wildman–Crippen MR) is 103 cm³/mol. The number of hydrogen-bond acceptors (Lipinski definition) is 4. The van der Waals surface area contributed by atoms with E-state index in [-0.39, 0.29) is 0 Å². The van der Waals surface area contributed by atoms with E-state index < -0.39 is 0 Å². The van der Waals surface area contributed by atoms with Gasteiger partial charge in [-0.15, -0.1) is 0 Å². The summed E-state index contributed by atoms with van der Waals surface area (Å²) in [6, 6.07) is 12.8. The highest BCUT2D eigenvalue weighted by molar-refractivity contribution is 7.71. The first-order chi connectivity index (χ1) is 12.1. The summed E-state index contributed by atoms with van der Waals surface area (Å²) in [5.41, 5.74) is 1.43. The average molecular weight is 393 g/mol. The summed E-state index contributed by atoms with van der Waals surface area (Å²) < 4.78 is 7.40. The Morgan fingerprint density at radius 3 is 2.68 bits per heavy atom. The van der Waals surface area contributed by atoms with E-state index in [0.29, 0.717) is 32.8 Å². The van der Waals surface area contributed by atoms with Crippen molar-refractivity contribution in [1.29, 1.82) is 0 Å². The van der Waals surface area contributed by atoms with Crippen LogP contribution < -0.4 is 4.74 Å². The molecule has 5 nitrogen and oxygen atoms in total. The zero-order valence-electron chi connectivity index (χ0n) is 13.2. The van der Waals surface area contributed by atoms with Gasteiger partial charge >= 0.3 is 0 Å². The molecule has 128 valence electrons. The maximum absolute atomic E-state index is 6.17. The van der Waals surface area contributed by atoms with E-state index in [1.165, 1.54) is 4.68 Å². The first-order valence-electron chi connectivity index (χ1n) is 7.49. The highest BCUT2D eigenvalue weighted by Gasteiger charge is 2.10. The molecule has 0 atom stereocenters. The molecule has 0 aliphatic carbocycles. The Bertz CT molecular complexity index is 961. The molecule has 8 heteroatoms. The van der Waals surface area contributed by atoms with Crippen molar-refractivity contribution < 1.29 is 4.74 Å². The lowest BCUT2D eigenvalue weighted by Gasteiger charge is -2.06. The van der Waals surface area contributed by atoms with Crippen LogP contribution in [-0.4, -0.2) is 27.7 Å². The molecule has 0 radical (unpaired) electrons. The fraction of sp³-hybridized carbons (Fsp3) is 0.118. The van der Waals surface area contributed by atoms with Gasteiger partial charge in [0.2, 0.25) is 4.77 Å². The second-order valence-electron chi connectivity index (χ2n) is 5.00. The quantitative estimate of drug-likeness (QED) is 0.479. The minimum Gasteiger partial charge on any atom is -0.494 e. The van der Waals surface area contributed by atoms with E-state index in [0.717, 1.165) is 11.3 Å². The minimum absolute atomic E-state index is 0.358. The van der Waals surface area contributed by atoms with Crippen LogP contribution in [0, 0.1) is 4.77 Å². The van der Waals surface area contributed by atoms with Gasteiger partial charge in [-0.2, -0.15) is 14.9 Å². The molecule has 0 saturated carbocycles. The second kappa shape index (κ2) is 7.82. The topological polar surface area (TPSA) is 55.2 Å². The van der Waals surface area contributed by atoms with Crippen LogP contribution in [0.4, 0.5) is 0 Å². The van der Waals surface area contributed by atoms with Crippen molar-refractivity contribution in [3.63, 3.8) is 0 Å². The number of H-pyrrole nitrogens is 1. The van der Waals surface area contributed by atoms with Crippen LogP contribution in [0.3, 0.4) is 0 Å². The Hall–Kier alpha value is -2.15. The Labute approximate surface area is 159 Å². The number of nitrogens with one attached hydrogen (secondary N) is 1. The molecule has 3 aromatic rings. The Morgan fingerprint density at radius 1 is 1.24 bits per heavy atom. The molecule has 2 aromatic carbocycles. The van der Waals surface area contributed by atoms with Crippen LogP contribution in [0.25, 0.3) is 11.4 Å². The fourth-order valence-corrected chi connectivity index (χ4v) is 2.90. The molecule has 1 aromatic heterocycles. The van der Waals surface area contributed by atoms with E-state index in [1.54, 1.807) is 24.4 Å². The summed E-state index contributed by atoms with van der Waals surface area (Å²) in [4.78, 5) is 0. The molecule has 0 aliphatic rings. The van der Waals surface area contributed by atoms with Crippen molar-refractivity contribution in [3.8, 4) is 17.1 Å². The number of aromatic amines is 1. The summed E-state index contributed by atoms with van der Waals surface area (Å²) in [6.45, 7) is 2.51. The Morgan fingerprint density at radius 2 is 1.96 bits per heavy atom. The van der Waals surface area contributed by atoms with Crippen LogP contribution in [0.2, 0.25) is 10.0 Å².